The SMILES string of the molecule is CCCCN(Cc1cccn1Cc1ccc(Br)cc1)C(=O)CN(CCC)C(=O)c1ccc(Br)cc1. The summed E-state index contributed by atoms with van der Waals surface area (Å²) in [6.07, 6.45) is 4.77. The van der Waals surface area contributed by atoms with Crippen LogP contribution in [0.4, 0.5) is 0 Å². The zero-order valence-electron chi connectivity index (χ0n) is 20.4. The Kier molecular flexibility index (Phi) is 10.6. The molecule has 1 heterocycles. The van der Waals surface area contributed by atoms with Gasteiger partial charge in [0.15, 0.2) is 0 Å². The molecule has 0 aliphatic rings. The van der Waals surface area contributed by atoms with Gasteiger partial charge in [0.1, 0.15) is 6.54 Å². The van der Waals surface area contributed by atoms with E-state index in [1.165, 1.54) is 5.56 Å². The van der Waals surface area contributed by atoms with Gasteiger partial charge < -0.3 is 14.4 Å². The lowest BCUT2D eigenvalue weighted by Crippen LogP contribution is -2.43. The van der Waals surface area contributed by atoms with Crippen LogP contribution in [-0.2, 0) is 17.9 Å². The molecule has 0 aliphatic heterocycles. The molecule has 0 aliphatic carbocycles. The lowest BCUT2D eigenvalue weighted by Gasteiger charge is -2.28. The molecule has 35 heavy (non-hydrogen) atoms. The number of amides is 2. The first-order valence-electron chi connectivity index (χ1n) is 12.1. The fraction of sp³-hybridized carbons (Fsp3) is 0.357. The lowest BCUT2D eigenvalue weighted by molar-refractivity contribution is -0.132. The van der Waals surface area contributed by atoms with E-state index in [2.05, 4.69) is 67.7 Å². The highest BCUT2D eigenvalue weighted by molar-refractivity contribution is 9.10. The van der Waals surface area contributed by atoms with E-state index < -0.39 is 0 Å². The van der Waals surface area contributed by atoms with Crippen LogP contribution in [0.5, 0.6) is 0 Å². The molecule has 3 aromatic rings. The topological polar surface area (TPSA) is 45.6 Å². The second-order valence-electron chi connectivity index (χ2n) is 8.66. The molecule has 5 nitrogen and oxygen atoms in total. The van der Waals surface area contributed by atoms with Crippen molar-refractivity contribution in [3.63, 3.8) is 0 Å². The van der Waals surface area contributed by atoms with E-state index in [1.54, 1.807) is 17.0 Å². The van der Waals surface area contributed by atoms with Crippen LogP contribution in [0.3, 0.4) is 0 Å². The highest BCUT2D eigenvalue weighted by atomic mass is 79.9. The van der Waals surface area contributed by atoms with Gasteiger partial charge in [0.2, 0.25) is 5.91 Å². The summed E-state index contributed by atoms with van der Waals surface area (Å²) in [5.41, 5.74) is 2.88. The summed E-state index contributed by atoms with van der Waals surface area (Å²) in [6, 6.07) is 19.7. The highest BCUT2D eigenvalue weighted by Gasteiger charge is 2.22. The largest absolute Gasteiger partial charge is 0.345 e. The van der Waals surface area contributed by atoms with Crippen LogP contribution in [-0.4, -0.2) is 45.8 Å². The number of aromatic nitrogens is 1. The first-order chi connectivity index (χ1) is 16.9. The summed E-state index contributed by atoms with van der Waals surface area (Å²) < 4.78 is 4.16. The minimum Gasteiger partial charge on any atom is -0.345 e. The van der Waals surface area contributed by atoms with Crippen molar-refractivity contribution in [1.29, 1.82) is 0 Å². The van der Waals surface area contributed by atoms with Crippen molar-refractivity contribution in [3.8, 4) is 0 Å². The van der Waals surface area contributed by atoms with Crippen molar-refractivity contribution in [1.82, 2.24) is 14.4 Å². The van der Waals surface area contributed by atoms with Crippen LogP contribution in [0.1, 0.15) is 54.7 Å². The van der Waals surface area contributed by atoms with E-state index in [1.807, 2.05) is 42.2 Å². The molecule has 0 saturated carbocycles. The van der Waals surface area contributed by atoms with Gasteiger partial charge >= 0.3 is 0 Å². The third kappa shape index (κ3) is 8.07. The fourth-order valence-electron chi connectivity index (χ4n) is 3.93. The predicted octanol–water partition coefficient (Wildman–Crippen LogP) is 6.74. The molecule has 0 spiro atoms. The Hall–Kier alpha value is -2.38. The summed E-state index contributed by atoms with van der Waals surface area (Å²) in [7, 11) is 0. The fourth-order valence-corrected chi connectivity index (χ4v) is 4.46. The van der Waals surface area contributed by atoms with Crippen molar-refractivity contribution in [2.24, 2.45) is 0 Å². The second kappa shape index (κ2) is 13.6. The third-order valence-corrected chi connectivity index (χ3v) is 6.93. The average Bonchev–Trinajstić information content (AvgIpc) is 3.29. The van der Waals surface area contributed by atoms with E-state index in [9.17, 15) is 9.59 Å². The average molecular weight is 603 g/mol. The van der Waals surface area contributed by atoms with Gasteiger partial charge in [0.25, 0.3) is 5.91 Å². The number of benzene rings is 2. The van der Waals surface area contributed by atoms with E-state index in [4.69, 9.17) is 0 Å². The molecule has 2 aromatic carbocycles. The maximum absolute atomic E-state index is 13.5. The molecule has 0 unspecified atom stereocenters. The summed E-state index contributed by atoms with van der Waals surface area (Å²) in [6.45, 7) is 6.72. The summed E-state index contributed by atoms with van der Waals surface area (Å²) in [4.78, 5) is 30.2. The Morgan fingerprint density at radius 1 is 0.829 bits per heavy atom. The molecular formula is C28H33Br2N3O2. The maximum Gasteiger partial charge on any atom is 0.254 e. The van der Waals surface area contributed by atoms with Crippen molar-refractivity contribution >= 4 is 43.7 Å². The maximum atomic E-state index is 13.5. The molecule has 0 fully saturated rings. The smallest absolute Gasteiger partial charge is 0.254 e. The standard InChI is InChI=1S/C28H33Br2N3O2/c1-3-5-17-32(20-26-7-6-18-31(26)19-22-8-12-24(29)13-9-22)27(34)21-33(16-4-2)28(35)23-10-14-25(30)15-11-23/h6-15,18H,3-5,16-17,19-21H2,1-2H3. The Bertz CT molecular complexity index is 1090. The summed E-state index contributed by atoms with van der Waals surface area (Å²) in [5, 5.41) is 0. The van der Waals surface area contributed by atoms with Crippen molar-refractivity contribution in [2.45, 2.75) is 46.2 Å². The molecule has 186 valence electrons. The molecule has 2 amide bonds. The second-order valence-corrected chi connectivity index (χ2v) is 10.5. The first kappa shape index (κ1) is 27.2. The van der Waals surface area contributed by atoms with Gasteiger partial charge in [-0.3, -0.25) is 9.59 Å². The predicted molar refractivity (Wildman–Crippen MR) is 148 cm³/mol. The number of hydrogen-bond acceptors (Lipinski definition) is 2. The normalized spacial score (nSPS) is 10.9. The Morgan fingerprint density at radius 2 is 1.49 bits per heavy atom. The molecule has 3 rings (SSSR count). The Labute approximate surface area is 225 Å². The lowest BCUT2D eigenvalue weighted by atomic mass is 10.2. The van der Waals surface area contributed by atoms with E-state index >= 15 is 0 Å². The minimum atomic E-state index is -0.109. The Balaban J connectivity index is 1.74. The molecule has 0 radical (unpaired) electrons. The van der Waals surface area contributed by atoms with Gasteiger partial charge in [-0.2, -0.15) is 0 Å². The van der Waals surface area contributed by atoms with Crippen LogP contribution in [0.2, 0.25) is 0 Å². The third-order valence-electron chi connectivity index (χ3n) is 5.87. The van der Waals surface area contributed by atoms with Gasteiger partial charge in [-0.25, -0.2) is 0 Å². The van der Waals surface area contributed by atoms with Gasteiger partial charge in [-0.05, 0) is 66.9 Å². The number of rotatable bonds is 12. The van der Waals surface area contributed by atoms with Gasteiger partial charge in [0, 0.05) is 46.0 Å². The van der Waals surface area contributed by atoms with E-state index in [0.29, 0.717) is 25.2 Å². The number of carbonyl (C=O) groups excluding carboxylic acids is 2. The number of carbonyl (C=O) groups is 2. The number of unbranched alkanes of at least 4 members (excludes halogenated alkanes) is 1. The van der Waals surface area contributed by atoms with Gasteiger partial charge in [-0.15, -0.1) is 0 Å². The van der Waals surface area contributed by atoms with Gasteiger partial charge in [-0.1, -0.05) is 64.3 Å². The minimum absolute atomic E-state index is 0.0197. The van der Waals surface area contributed by atoms with Crippen molar-refractivity contribution < 1.29 is 9.59 Å². The summed E-state index contributed by atoms with van der Waals surface area (Å²) >= 11 is 6.90. The number of halogens is 2. The van der Waals surface area contributed by atoms with Crippen LogP contribution < -0.4 is 0 Å². The zero-order valence-corrected chi connectivity index (χ0v) is 23.6. The summed E-state index contributed by atoms with van der Waals surface area (Å²) in [5.74, 6) is -0.129. The molecule has 0 saturated heterocycles. The highest BCUT2D eigenvalue weighted by Crippen LogP contribution is 2.16. The molecular weight excluding hydrogens is 570 g/mol. The van der Waals surface area contributed by atoms with Crippen LogP contribution in [0, 0.1) is 0 Å². The Morgan fingerprint density at radius 3 is 2.11 bits per heavy atom. The van der Waals surface area contributed by atoms with Crippen LogP contribution in [0.15, 0.2) is 75.8 Å². The van der Waals surface area contributed by atoms with E-state index in [-0.39, 0.29) is 18.4 Å². The van der Waals surface area contributed by atoms with Crippen molar-refractivity contribution in [2.75, 3.05) is 19.6 Å². The number of nitrogens with zero attached hydrogens (tertiary/aromatic N) is 3. The quantitative estimate of drug-likeness (QED) is 0.230. The first-order valence-corrected chi connectivity index (χ1v) is 13.7. The van der Waals surface area contributed by atoms with Crippen molar-refractivity contribution in [3.05, 3.63) is 92.6 Å². The number of hydrogen-bond donors (Lipinski definition) is 0. The molecule has 0 N–H and O–H groups in total. The van der Waals surface area contributed by atoms with E-state index in [0.717, 1.165) is 40.4 Å². The zero-order chi connectivity index (χ0) is 25.2. The van der Waals surface area contributed by atoms with Gasteiger partial charge in [0.05, 0.1) is 6.54 Å². The van der Waals surface area contributed by atoms with Crippen LogP contribution in [0.25, 0.3) is 0 Å². The monoisotopic (exact) mass is 601 g/mol. The molecule has 0 atom stereocenters. The molecule has 0 bridgehead atoms. The molecule has 7 heteroatoms. The molecule has 1 aromatic heterocycles. The van der Waals surface area contributed by atoms with Crippen LogP contribution >= 0.6 is 31.9 Å².